The predicted octanol–water partition coefficient (Wildman–Crippen LogP) is 1.44. The molecule has 3 heteroatoms. The lowest BCUT2D eigenvalue weighted by Crippen LogP contribution is -1.96. The average Bonchev–Trinajstić information content (AvgIpc) is 2.34. The highest BCUT2D eigenvalue weighted by Crippen LogP contribution is 2.12. The highest BCUT2D eigenvalue weighted by molar-refractivity contribution is 7.10. The van der Waals surface area contributed by atoms with Crippen LogP contribution in [0.15, 0.2) is 11.4 Å². The van der Waals surface area contributed by atoms with Gasteiger partial charge in [-0.2, -0.15) is 0 Å². The molecule has 52 valence electrons. The number of hydrogen-bond acceptors (Lipinski definition) is 3. The molecule has 1 heterocycles. The standard InChI is InChI=1S/C7H6O2S/c1-5-2-6(4-10-5)7(9)3-8/h2-4H,1H3. The van der Waals surface area contributed by atoms with E-state index in [0.29, 0.717) is 11.8 Å². The lowest BCUT2D eigenvalue weighted by atomic mass is 10.2. The van der Waals surface area contributed by atoms with E-state index in [4.69, 9.17) is 0 Å². The third-order valence-electron chi connectivity index (χ3n) is 1.12. The number of carbonyl (C=O) groups excluding carboxylic acids is 2. The van der Waals surface area contributed by atoms with E-state index in [1.165, 1.54) is 11.3 Å². The molecule has 0 atom stereocenters. The average molecular weight is 154 g/mol. The van der Waals surface area contributed by atoms with Crippen molar-refractivity contribution in [2.75, 3.05) is 0 Å². The van der Waals surface area contributed by atoms with Crippen molar-refractivity contribution >= 4 is 23.4 Å². The summed E-state index contributed by atoms with van der Waals surface area (Å²) in [6.07, 6.45) is 0.335. The van der Waals surface area contributed by atoms with Gasteiger partial charge in [0.15, 0.2) is 6.29 Å². The molecule has 0 bridgehead atoms. The number of rotatable bonds is 2. The first-order valence-electron chi connectivity index (χ1n) is 2.78. The zero-order valence-electron chi connectivity index (χ0n) is 5.46. The maximum atomic E-state index is 10.7. The van der Waals surface area contributed by atoms with Crippen LogP contribution < -0.4 is 0 Å². The number of aldehydes is 1. The first-order chi connectivity index (χ1) is 4.74. The van der Waals surface area contributed by atoms with Crippen LogP contribution in [-0.4, -0.2) is 12.1 Å². The highest BCUT2D eigenvalue weighted by Gasteiger charge is 2.03. The first kappa shape index (κ1) is 7.15. The molecule has 1 aromatic heterocycles. The number of Topliss-reactive ketones (excluding diaryl/α,β-unsaturated/α-hetero) is 1. The van der Waals surface area contributed by atoms with Crippen molar-refractivity contribution in [1.29, 1.82) is 0 Å². The topological polar surface area (TPSA) is 34.1 Å². The van der Waals surface area contributed by atoms with Crippen LogP contribution in [0.4, 0.5) is 0 Å². The minimum absolute atomic E-state index is 0.335. The fraction of sp³-hybridized carbons (Fsp3) is 0.143. The van der Waals surface area contributed by atoms with E-state index >= 15 is 0 Å². The summed E-state index contributed by atoms with van der Waals surface area (Å²) in [6, 6.07) is 1.71. The van der Waals surface area contributed by atoms with Gasteiger partial charge in [-0.05, 0) is 13.0 Å². The Kier molecular flexibility index (Phi) is 1.97. The monoisotopic (exact) mass is 154 g/mol. The molecular formula is C7H6O2S. The van der Waals surface area contributed by atoms with Gasteiger partial charge in [-0.25, -0.2) is 0 Å². The second-order valence-corrected chi connectivity index (χ2v) is 3.04. The Morgan fingerprint density at radius 1 is 1.70 bits per heavy atom. The molecule has 0 aromatic carbocycles. The lowest BCUT2D eigenvalue weighted by Gasteiger charge is -1.80. The van der Waals surface area contributed by atoms with Crippen molar-refractivity contribution < 1.29 is 9.59 Å². The third-order valence-corrected chi connectivity index (χ3v) is 1.98. The van der Waals surface area contributed by atoms with Crippen LogP contribution in [0.2, 0.25) is 0 Å². The predicted molar refractivity (Wildman–Crippen MR) is 39.5 cm³/mol. The zero-order valence-corrected chi connectivity index (χ0v) is 6.27. The van der Waals surface area contributed by atoms with Crippen LogP contribution >= 0.6 is 11.3 Å². The molecule has 2 nitrogen and oxygen atoms in total. The molecule has 0 aliphatic heterocycles. The van der Waals surface area contributed by atoms with Crippen molar-refractivity contribution in [3.8, 4) is 0 Å². The molecule has 0 spiro atoms. The van der Waals surface area contributed by atoms with E-state index in [0.717, 1.165) is 4.88 Å². The maximum Gasteiger partial charge on any atom is 0.226 e. The summed E-state index contributed by atoms with van der Waals surface area (Å²) in [5.41, 5.74) is 0.498. The first-order valence-corrected chi connectivity index (χ1v) is 3.66. The van der Waals surface area contributed by atoms with Crippen molar-refractivity contribution in [3.05, 3.63) is 21.9 Å². The van der Waals surface area contributed by atoms with Gasteiger partial charge in [-0.3, -0.25) is 9.59 Å². The quantitative estimate of drug-likeness (QED) is 0.367. The van der Waals surface area contributed by atoms with Gasteiger partial charge in [0.25, 0.3) is 0 Å². The molecule has 0 saturated heterocycles. The summed E-state index contributed by atoms with van der Waals surface area (Å²) >= 11 is 1.47. The van der Waals surface area contributed by atoms with Gasteiger partial charge in [0.2, 0.25) is 5.78 Å². The minimum atomic E-state index is -0.440. The van der Waals surface area contributed by atoms with E-state index in [1.807, 2.05) is 6.92 Å². The molecule has 0 fully saturated rings. The van der Waals surface area contributed by atoms with Crippen LogP contribution in [0, 0.1) is 6.92 Å². The molecule has 0 aliphatic carbocycles. The zero-order chi connectivity index (χ0) is 7.56. The van der Waals surface area contributed by atoms with E-state index in [1.54, 1.807) is 11.4 Å². The molecule has 0 aliphatic rings. The molecule has 10 heavy (non-hydrogen) atoms. The lowest BCUT2D eigenvalue weighted by molar-refractivity contribution is -0.104. The van der Waals surface area contributed by atoms with Crippen LogP contribution in [0.1, 0.15) is 15.2 Å². The highest BCUT2D eigenvalue weighted by atomic mass is 32.1. The van der Waals surface area contributed by atoms with Gasteiger partial charge in [0, 0.05) is 15.8 Å². The van der Waals surface area contributed by atoms with Crippen LogP contribution in [0.25, 0.3) is 0 Å². The summed E-state index contributed by atoms with van der Waals surface area (Å²) in [7, 11) is 0. The molecule has 0 unspecified atom stereocenters. The summed E-state index contributed by atoms with van der Waals surface area (Å²) in [5.74, 6) is -0.440. The van der Waals surface area contributed by atoms with Gasteiger partial charge >= 0.3 is 0 Å². The molecule has 0 saturated carbocycles. The van der Waals surface area contributed by atoms with Crippen molar-refractivity contribution in [2.24, 2.45) is 0 Å². The summed E-state index contributed by atoms with van der Waals surface area (Å²) < 4.78 is 0. The van der Waals surface area contributed by atoms with Crippen molar-refractivity contribution in [3.63, 3.8) is 0 Å². The van der Waals surface area contributed by atoms with E-state index in [2.05, 4.69) is 0 Å². The summed E-state index contributed by atoms with van der Waals surface area (Å²) in [4.78, 5) is 21.7. The Labute approximate surface area is 62.5 Å². The summed E-state index contributed by atoms with van der Waals surface area (Å²) in [5, 5.41) is 1.69. The number of thiophene rings is 1. The van der Waals surface area contributed by atoms with E-state index < -0.39 is 5.78 Å². The second kappa shape index (κ2) is 2.75. The Bertz CT molecular complexity index is 262. The maximum absolute atomic E-state index is 10.7. The van der Waals surface area contributed by atoms with Gasteiger partial charge < -0.3 is 0 Å². The normalized spacial score (nSPS) is 9.30. The number of ketones is 1. The van der Waals surface area contributed by atoms with E-state index in [9.17, 15) is 9.59 Å². The van der Waals surface area contributed by atoms with E-state index in [-0.39, 0.29) is 0 Å². The number of aryl methyl sites for hydroxylation is 1. The Morgan fingerprint density at radius 3 is 2.80 bits per heavy atom. The Morgan fingerprint density at radius 2 is 2.40 bits per heavy atom. The molecule has 0 radical (unpaired) electrons. The number of hydrogen-bond donors (Lipinski definition) is 0. The smallest absolute Gasteiger partial charge is 0.226 e. The fourth-order valence-corrected chi connectivity index (χ4v) is 1.33. The molecule has 0 N–H and O–H groups in total. The van der Waals surface area contributed by atoms with Gasteiger partial charge in [0.05, 0.1) is 0 Å². The Balaban J connectivity index is 2.95. The molecule has 0 amide bonds. The van der Waals surface area contributed by atoms with Crippen LogP contribution in [0.3, 0.4) is 0 Å². The number of carbonyl (C=O) groups is 2. The minimum Gasteiger partial charge on any atom is -0.294 e. The van der Waals surface area contributed by atoms with Crippen LogP contribution in [0.5, 0.6) is 0 Å². The second-order valence-electron chi connectivity index (χ2n) is 1.93. The Hall–Kier alpha value is -0.960. The fourth-order valence-electron chi connectivity index (χ4n) is 0.641. The SMILES string of the molecule is Cc1cc(C(=O)C=O)cs1. The molecule has 1 aromatic rings. The van der Waals surface area contributed by atoms with Gasteiger partial charge in [-0.15, -0.1) is 11.3 Å². The molecule has 1 rings (SSSR count). The molecular weight excluding hydrogens is 148 g/mol. The van der Waals surface area contributed by atoms with Crippen molar-refractivity contribution in [1.82, 2.24) is 0 Å². The van der Waals surface area contributed by atoms with Crippen LogP contribution in [-0.2, 0) is 4.79 Å². The largest absolute Gasteiger partial charge is 0.294 e. The third kappa shape index (κ3) is 1.30. The van der Waals surface area contributed by atoms with Gasteiger partial charge in [-0.1, -0.05) is 0 Å². The summed E-state index contributed by atoms with van der Waals surface area (Å²) in [6.45, 7) is 1.90. The van der Waals surface area contributed by atoms with Gasteiger partial charge in [0.1, 0.15) is 0 Å². The van der Waals surface area contributed by atoms with Crippen molar-refractivity contribution in [2.45, 2.75) is 6.92 Å².